The van der Waals surface area contributed by atoms with E-state index in [0.29, 0.717) is 11.9 Å². The third-order valence-electron chi connectivity index (χ3n) is 4.13. The Hall–Kier alpha value is -1.37. The summed E-state index contributed by atoms with van der Waals surface area (Å²) < 4.78 is 37.2. The first-order valence-corrected chi connectivity index (χ1v) is 6.94. The van der Waals surface area contributed by atoms with Crippen molar-refractivity contribution in [1.29, 1.82) is 0 Å². The number of rotatable bonds is 2. The van der Waals surface area contributed by atoms with E-state index in [2.05, 4.69) is 20.4 Å². The second-order valence-corrected chi connectivity index (χ2v) is 5.50. The fourth-order valence-electron chi connectivity index (χ4n) is 3.13. The van der Waals surface area contributed by atoms with Gasteiger partial charge < -0.3 is 10.2 Å². The quantitative estimate of drug-likeness (QED) is 0.907. The van der Waals surface area contributed by atoms with Crippen LogP contribution in [0.5, 0.6) is 0 Å². The highest BCUT2D eigenvalue weighted by atomic mass is 19.4. The number of alkyl halides is 3. The fourth-order valence-corrected chi connectivity index (χ4v) is 3.13. The molecule has 3 heterocycles. The van der Waals surface area contributed by atoms with Gasteiger partial charge >= 0.3 is 6.18 Å². The Morgan fingerprint density at radius 1 is 1.15 bits per heavy atom. The molecule has 1 aromatic rings. The maximum Gasteiger partial charge on any atom is 0.435 e. The molecule has 0 bridgehead atoms. The van der Waals surface area contributed by atoms with Crippen LogP contribution in [0.4, 0.5) is 19.0 Å². The minimum absolute atomic E-state index is 0.278. The van der Waals surface area contributed by atoms with Gasteiger partial charge in [-0.2, -0.15) is 13.2 Å². The molecule has 1 aromatic heterocycles. The zero-order chi connectivity index (χ0) is 14.2. The van der Waals surface area contributed by atoms with Crippen molar-refractivity contribution in [2.24, 2.45) is 0 Å². The van der Waals surface area contributed by atoms with Crippen molar-refractivity contribution in [2.75, 3.05) is 18.4 Å². The molecule has 2 aliphatic heterocycles. The molecule has 2 saturated heterocycles. The maximum absolute atomic E-state index is 12.4. The summed E-state index contributed by atoms with van der Waals surface area (Å²) in [4.78, 5) is 2.50. The summed E-state index contributed by atoms with van der Waals surface area (Å²) in [5.41, 5.74) is -0.950. The first-order valence-electron chi connectivity index (χ1n) is 6.94. The number of piperidine rings is 1. The first kappa shape index (κ1) is 13.6. The van der Waals surface area contributed by atoms with E-state index < -0.39 is 11.9 Å². The number of nitrogens with one attached hydrogen (secondary N) is 1. The maximum atomic E-state index is 12.4. The molecule has 20 heavy (non-hydrogen) atoms. The molecule has 4 nitrogen and oxygen atoms in total. The summed E-state index contributed by atoms with van der Waals surface area (Å²) in [6.07, 6.45) is 0.0664. The second-order valence-electron chi connectivity index (χ2n) is 5.50. The van der Waals surface area contributed by atoms with Crippen LogP contribution in [0.25, 0.3) is 0 Å². The number of nitrogens with zero attached hydrogens (tertiary/aromatic N) is 3. The lowest BCUT2D eigenvalue weighted by atomic mass is 9.97. The van der Waals surface area contributed by atoms with Crippen LogP contribution in [0.3, 0.4) is 0 Å². The number of hydrogen-bond donors (Lipinski definition) is 1. The summed E-state index contributed by atoms with van der Waals surface area (Å²) >= 11 is 0. The van der Waals surface area contributed by atoms with Gasteiger partial charge in [-0.25, -0.2) is 0 Å². The van der Waals surface area contributed by atoms with E-state index in [4.69, 9.17) is 0 Å². The second kappa shape index (κ2) is 5.20. The normalized spacial score (nSPS) is 27.4. The average Bonchev–Trinajstić information content (AvgIpc) is 2.86. The van der Waals surface area contributed by atoms with Gasteiger partial charge in [0.15, 0.2) is 5.69 Å². The molecule has 2 fully saturated rings. The van der Waals surface area contributed by atoms with E-state index in [9.17, 15) is 13.2 Å². The van der Waals surface area contributed by atoms with E-state index in [1.54, 1.807) is 0 Å². The Morgan fingerprint density at radius 2 is 2.00 bits per heavy atom. The molecule has 110 valence electrons. The largest absolute Gasteiger partial charge is 0.435 e. The van der Waals surface area contributed by atoms with Gasteiger partial charge in [0, 0.05) is 18.6 Å². The van der Waals surface area contributed by atoms with E-state index in [1.165, 1.54) is 25.5 Å². The molecule has 7 heteroatoms. The highest BCUT2D eigenvalue weighted by Gasteiger charge is 2.34. The number of fused-ring (bicyclic) bond motifs is 1. The lowest BCUT2D eigenvalue weighted by molar-refractivity contribution is -0.141. The van der Waals surface area contributed by atoms with Gasteiger partial charge in [0.05, 0.1) is 0 Å². The predicted molar refractivity (Wildman–Crippen MR) is 68.3 cm³/mol. The number of hydrogen-bond acceptors (Lipinski definition) is 4. The molecule has 0 radical (unpaired) electrons. The van der Waals surface area contributed by atoms with Gasteiger partial charge in [0.2, 0.25) is 0 Å². The van der Waals surface area contributed by atoms with Crippen molar-refractivity contribution in [3.05, 3.63) is 17.8 Å². The summed E-state index contributed by atoms with van der Waals surface area (Å²) in [5, 5.41) is 10.1. The van der Waals surface area contributed by atoms with Crippen LogP contribution in [-0.2, 0) is 6.18 Å². The number of halogens is 3. The van der Waals surface area contributed by atoms with Gasteiger partial charge in [-0.15, -0.1) is 10.2 Å². The van der Waals surface area contributed by atoms with Gasteiger partial charge in [-0.05, 0) is 44.4 Å². The van der Waals surface area contributed by atoms with Crippen LogP contribution in [0.15, 0.2) is 12.1 Å². The molecule has 2 unspecified atom stereocenters. The Labute approximate surface area is 115 Å². The van der Waals surface area contributed by atoms with Gasteiger partial charge in [0.1, 0.15) is 5.82 Å². The minimum atomic E-state index is -4.43. The van der Waals surface area contributed by atoms with Crippen molar-refractivity contribution in [3.8, 4) is 0 Å². The molecule has 0 aromatic carbocycles. The zero-order valence-electron chi connectivity index (χ0n) is 11.0. The van der Waals surface area contributed by atoms with Crippen molar-refractivity contribution in [2.45, 2.75) is 43.9 Å². The predicted octanol–water partition coefficient (Wildman–Crippen LogP) is 2.53. The number of aromatic nitrogens is 2. The van der Waals surface area contributed by atoms with Crippen molar-refractivity contribution < 1.29 is 13.2 Å². The number of anilines is 1. The SMILES string of the molecule is FC(F)(F)c1ccc(NC2CCN3CCCC3C2)nn1. The summed E-state index contributed by atoms with van der Waals surface area (Å²) in [5.74, 6) is 0.425. The summed E-state index contributed by atoms with van der Waals surface area (Å²) in [6.45, 7) is 2.23. The molecule has 2 atom stereocenters. The minimum Gasteiger partial charge on any atom is -0.366 e. The molecule has 0 amide bonds. The first-order chi connectivity index (χ1) is 9.52. The Morgan fingerprint density at radius 3 is 2.70 bits per heavy atom. The topological polar surface area (TPSA) is 41.0 Å². The third kappa shape index (κ3) is 2.87. The fraction of sp³-hybridized carbons (Fsp3) is 0.692. The monoisotopic (exact) mass is 286 g/mol. The van der Waals surface area contributed by atoms with Crippen LogP contribution >= 0.6 is 0 Å². The van der Waals surface area contributed by atoms with Crippen LogP contribution in [0.1, 0.15) is 31.4 Å². The van der Waals surface area contributed by atoms with E-state index >= 15 is 0 Å². The van der Waals surface area contributed by atoms with Crippen molar-refractivity contribution in [3.63, 3.8) is 0 Å². The van der Waals surface area contributed by atoms with Crippen LogP contribution in [0.2, 0.25) is 0 Å². The van der Waals surface area contributed by atoms with Gasteiger partial charge in [-0.3, -0.25) is 0 Å². The lowest BCUT2D eigenvalue weighted by Gasteiger charge is -2.35. The Bertz CT molecular complexity index is 460. The van der Waals surface area contributed by atoms with Crippen LogP contribution < -0.4 is 5.32 Å². The molecular weight excluding hydrogens is 269 g/mol. The highest BCUT2D eigenvalue weighted by molar-refractivity contribution is 5.35. The standard InChI is InChI=1S/C13H17F3N4/c14-13(15,16)11-3-4-12(19-18-11)17-9-5-7-20-6-1-2-10(20)8-9/h3-4,9-10H,1-2,5-8H2,(H,17,19). The molecular formula is C13H17F3N4. The Kier molecular flexibility index (Phi) is 3.54. The smallest absolute Gasteiger partial charge is 0.366 e. The molecule has 0 spiro atoms. The zero-order valence-corrected chi connectivity index (χ0v) is 11.0. The Balaban J connectivity index is 1.60. The average molecular weight is 286 g/mol. The highest BCUT2D eigenvalue weighted by Crippen LogP contribution is 2.29. The van der Waals surface area contributed by atoms with Gasteiger partial charge in [-0.1, -0.05) is 0 Å². The van der Waals surface area contributed by atoms with E-state index in [1.807, 2.05) is 0 Å². The molecule has 0 saturated carbocycles. The van der Waals surface area contributed by atoms with Crippen molar-refractivity contribution >= 4 is 5.82 Å². The molecule has 3 rings (SSSR count). The molecule has 0 aliphatic carbocycles. The van der Waals surface area contributed by atoms with E-state index in [0.717, 1.165) is 25.5 Å². The molecule has 1 N–H and O–H groups in total. The summed E-state index contributed by atoms with van der Waals surface area (Å²) in [7, 11) is 0. The lowest BCUT2D eigenvalue weighted by Crippen LogP contribution is -2.42. The summed E-state index contributed by atoms with van der Waals surface area (Å²) in [6, 6.07) is 3.22. The van der Waals surface area contributed by atoms with Gasteiger partial charge in [0.25, 0.3) is 0 Å². The molecule has 2 aliphatic rings. The third-order valence-corrected chi connectivity index (χ3v) is 4.13. The van der Waals surface area contributed by atoms with Crippen LogP contribution in [-0.4, -0.2) is 40.3 Å². The van der Waals surface area contributed by atoms with E-state index in [-0.39, 0.29) is 6.04 Å². The van der Waals surface area contributed by atoms with Crippen LogP contribution in [0, 0.1) is 0 Å². The van der Waals surface area contributed by atoms with Crippen molar-refractivity contribution in [1.82, 2.24) is 15.1 Å².